The summed E-state index contributed by atoms with van der Waals surface area (Å²) in [6.45, 7) is 0. The highest BCUT2D eigenvalue weighted by Crippen LogP contribution is 2.04. The van der Waals surface area contributed by atoms with Crippen LogP contribution < -0.4 is 16.6 Å². The lowest BCUT2D eigenvalue weighted by atomic mass is 10.6. The second-order valence-corrected chi connectivity index (χ2v) is 2.86. The molecule has 15 heavy (non-hydrogen) atoms. The molecule has 8 heteroatoms. The Morgan fingerprint density at radius 1 is 1.47 bits per heavy atom. The lowest BCUT2D eigenvalue weighted by molar-refractivity contribution is 0.770. The maximum absolute atomic E-state index is 11.2. The number of aryl methyl sites for hydroxylation is 1. The van der Waals surface area contributed by atoms with E-state index in [1.807, 2.05) is 4.98 Å². The van der Waals surface area contributed by atoms with Crippen LogP contribution in [0.1, 0.15) is 0 Å². The average Bonchev–Trinajstić information content (AvgIpc) is 2.56. The lowest BCUT2D eigenvalue weighted by Gasteiger charge is -1.97. The van der Waals surface area contributed by atoms with E-state index >= 15 is 0 Å². The van der Waals surface area contributed by atoms with Crippen LogP contribution in [-0.2, 0) is 7.05 Å². The topological polar surface area (TPSA) is 108 Å². The van der Waals surface area contributed by atoms with E-state index < -0.39 is 11.2 Å². The van der Waals surface area contributed by atoms with E-state index in [1.54, 1.807) is 24.0 Å². The minimum absolute atomic E-state index is 0.00620. The van der Waals surface area contributed by atoms with Crippen LogP contribution in [0.15, 0.2) is 21.9 Å². The highest BCUT2D eigenvalue weighted by molar-refractivity contribution is 5.48. The van der Waals surface area contributed by atoms with Crippen LogP contribution in [0.3, 0.4) is 0 Å². The molecule has 0 unspecified atom stereocenters. The van der Waals surface area contributed by atoms with Gasteiger partial charge in [-0.1, -0.05) is 0 Å². The van der Waals surface area contributed by atoms with Gasteiger partial charge in [0.1, 0.15) is 0 Å². The Kier molecular flexibility index (Phi) is 2.08. The fourth-order valence-corrected chi connectivity index (χ4v) is 1.04. The van der Waals surface area contributed by atoms with Crippen molar-refractivity contribution in [1.82, 2.24) is 25.0 Å². The van der Waals surface area contributed by atoms with Crippen molar-refractivity contribution in [2.75, 3.05) is 5.32 Å². The Morgan fingerprint density at radius 2 is 2.27 bits per heavy atom. The van der Waals surface area contributed by atoms with Gasteiger partial charge in [-0.15, -0.1) is 5.10 Å². The minimum atomic E-state index is -0.647. The van der Waals surface area contributed by atoms with Crippen molar-refractivity contribution in [1.29, 1.82) is 0 Å². The van der Waals surface area contributed by atoms with Crippen molar-refractivity contribution in [2.45, 2.75) is 0 Å². The Labute approximate surface area is 83.0 Å². The molecule has 0 saturated carbocycles. The largest absolute Gasteiger partial charge is 0.342 e. The van der Waals surface area contributed by atoms with Crippen LogP contribution in [0.2, 0.25) is 0 Å². The highest BCUT2D eigenvalue weighted by atomic mass is 16.2. The molecule has 0 aliphatic carbocycles. The second-order valence-electron chi connectivity index (χ2n) is 2.86. The van der Waals surface area contributed by atoms with E-state index in [2.05, 4.69) is 20.6 Å². The summed E-state index contributed by atoms with van der Waals surface area (Å²) in [4.78, 5) is 23.9. The molecular weight excluding hydrogens is 200 g/mol. The zero-order valence-electron chi connectivity index (χ0n) is 7.81. The van der Waals surface area contributed by atoms with Gasteiger partial charge in [-0.25, -0.2) is 9.89 Å². The first-order chi connectivity index (χ1) is 7.15. The first-order valence-electron chi connectivity index (χ1n) is 4.11. The van der Waals surface area contributed by atoms with E-state index in [9.17, 15) is 9.59 Å². The molecule has 0 amide bonds. The van der Waals surface area contributed by atoms with E-state index in [4.69, 9.17) is 0 Å². The predicted molar refractivity (Wildman–Crippen MR) is 52.0 cm³/mol. The van der Waals surface area contributed by atoms with E-state index in [-0.39, 0.29) is 5.82 Å². The Morgan fingerprint density at radius 3 is 2.87 bits per heavy atom. The number of hydrogen-bond acceptors (Lipinski definition) is 5. The van der Waals surface area contributed by atoms with Gasteiger partial charge in [-0.05, 0) is 0 Å². The average molecular weight is 208 g/mol. The van der Waals surface area contributed by atoms with Gasteiger partial charge in [0.05, 0.1) is 0 Å². The maximum atomic E-state index is 11.2. The van der Waals surface area contributed by atoms with Crippen LogP contribution in [-0.4, -0.2) is 25.0 Å². The van der Waals surface area contributed by atoms with Crippen LogP contribution in [0.4, 0.5) is 11.6 Å². The third-order valence-electron chi connectivity index (χ3n) is 1.67. The van der Waals surface area contributed by atoms with E-state index in [1.165, 1.54) is 0 Å². The molecule has 3 N–H and O–H groups in total. The molecule has 2 heterocycles. The van der Waals surface area contributed by atoms with Crippen molar-refractivity contribution < 1.29 is 0 Å². The quantitative estimate of drug-likeness (QED) is 0.582. The van der Waals surface area contributed by atoms with Gasteiger partial charge < -0.3 is 5.32 Å². The summed E-state index contributed by atoms with van der Waals surface area (Å²) in [7, 11) is 1.75. The number of anilines is 2. The number of hydrogen-bond donors (Lipinski definition) is 3. The van der Waals surface area contributed by atoms with Crippen LogP contribution in [0.25, 0.3) is 0 Å². The van der Waals surface area contributed by atoms with E-state index in [0.717, 1.165) is 0 Å². The summed E-state index contributed by atoms with van der Waals surface area (Å²) in [5, 5.41) is 12.3. The SMILES string of the molecule is Cn1ccc(Nc2n[nH]c(=O)[nH]c2=O)n1. The molecule has 0 saturated heterocycles. The summed E-state index contributed by atoms with van der Waals surface area (Å²) in [5.41, 5.74) is -1.24. The zero-order chi connectivity index (χ0) is 10.8. The summed E-state index contributed by atoms with van der Waals surface area (Å²) >= 11 is 0. The normalized spacial score (nSPS) is 10.2. The fraction of sp³-hybridized carbons (Fsp3) is 0.143. The molecule has 0 radical (unpaired) electrons. The van der Waals surface area contributed by atoms with Gasteiger partial charge >= 0.3 is 5.69 Å². The maximum Gasteiger partial charge on any atom is 0.342 e. The molecule has 0 atom stereocenters. The molecular formula is C7H8N6O2. The van der Waals surface area contributed by atoms with Gasteiger partial charge in [0.2, 0.25) is 5.82 Å². The summed E-state index contributed by atoms with van der Waals surface area (Å²) in [5.74, 6) is 0.468. The van der Waals surface area contributed by atoms with Gasteiger partial charge in [-0.3, -0.25) is 14.5 Å². The Balaban J connectivity index is 2.32. The van der Waals surface area contributed by atoms with Crippen molar-refractivity contribution in [3.8, 4) is 0 Å². The Bertz CT molecular complexity index is 579. The summed E-state index contributed by atoms with van der Waals surface area (Å²) in [6, 6.07) is 1.67. The second kappa shape index (κ2) is 3.40. The summed E-state index contributed by atoms with van der Waals surface area (Å²) < 4.78 is 1.57. The van der Waals surface area contributed by atoms with Crippen molar-refractivity contribution in [3.63, 3.8) is 0 Å². The van der Waals surface area contributed by atoms with E-state index in [0.29, 0.717) is 5.82 Å². The molecule has 0 spiro atoms. The molecule has 0 aromatic carbocycles. The predicted octanol–water partition coefficient (Wildman–Crippen LogP) is -1.06. The monoisotopic (exact) mass is 208 g/mol. The third kappa shape index (κ3) is 1.93. The number of H-pyrrole nitrogens is 2. The molecule has 2 aromatic heterocycles. The molecule has 78 valence electrons. The van der Waals surface area contributed by atoms with Gasteiger partial charge in [0, 0.05) is 19.3 Å². The van der Waals surface area contributed by atoms with Crippen LogP contribution >= 0.6 is 0 Å². The molecule has 8 nitrogen and oxygen atoms in total. The first kappa shape index (κ1) is 9.19. The first-order valence-corrected chi connectivity index (χ1v) is 4.11. The standard InChI is InChI=1S/C7H8N6O2/c1-13-3-2-4(12-13)8-5-6(14)9-7(15)11-10-5/h2-3H,1H3,(H,8,10,12)(H2,9,11,14,15). The molecule has 2 rings (SSSR count). The summed E-state index contributed by atoms with van der Waals surface area (Å²) in [6.07, 6.45) is 1.71. The van der Waals surface area contributed by atoms with Crippen LogP contribution in [0, 0.1) is 0 Å². The van der Waals surface area contributed by atoms with Crippen molar-refractivity contribution >= 4 is 11.6 Å². The zero-order valence-corrected chi connectivity index (χ0v) is 7.81. The lowest BCUT2D eigenvalue weighted by Crippen LogP contribution is -2.25. The van der Waals surface area contributed by atoms with Gasteiger partial charge in [0.15, 0.2) is 5.82 Å². The van der Waals surface area contributed by atoms with Gasteiger partial charge in [-0.2, -0.15) is 5.10 Å². The highest BCUT2D eigenvalue weighted by Gasteiger charge is 2.03. The Hall–Kier alpha value is -2.38. The van der Waals surface area contributed by atoms with Crippen molar-refractivity contribution in [2.24, 2.45) is 7.05 Å². The minimum Gasteiger partial charge on any atom is -0.317 e. The molecule has 2 aromatic rings. The smallest absolute Gasteiger partial charge is 0.317 e. The number of aromatic amines is 2. The van der Waals surface area contributed by atoms with Crippen molar-refractivity contribution in [3.05, 3.63) is 33.1 Å². The number of aromatic nitrogens is 5. The molecule has 0 aliphatic heterocycles. The van der Waals surface area contributed by atoms with Crippen LogP contribution in [0.5, 0.6) is 0 Å². The molecule has 0 bridgehead atoms. The molecule has 0 aliphatic rings. The van der Waals surface area contributed by atoms with Gasteiger partial charge in [0.25, 0.3) is 5.56 Å². The fourth-order valence-electron chi connectivity index (χ4n) is 1.04. The molecule has 0 fully saturated rings. The number of rotatable bonds is 2. The third-order valence-corrected chi connectivity index (χ3v) is 1.67. The number of nitrogens with zero attached hydrogens (tertiary/aromatic N) is 3. The number of nitrogens with one attached hydrogen (secondary N) is 3.